The zero-order valence-electron chi connectivity index (χ0n) is 8.86. The van der Waals surface area contributed by atoms with Gasteiger partial charge in [0.05, 0.1) is 12.5 Å². The first-order chi connectivity index (χ1) is 7.40. The van der Waals surface area contributed by atoms with Crippen LogP contribution in [0.4, 0.5) is 0 Å². The predicted octanol–water partition coefficient (Wildman–Crippen LogP) is 3.06. The van der Waals surface area contributed by atoms with Crippen molar-refractivity contribution in [2.24, 2.45) is 0 Å². The lowest BCUT2D eigenvalue weighted by molar-refractivity contribution is 0.568. The van der Waals surface area contributed by atoms with Crippen molar-refractivity contribution < 1.29 is 4.42 Å². The molecule has 0 spiro atoms. The predicted molar refractivity (Wildman–Crippen MR) is 61.5 cm³/mol. The van der Waals surface area contributed by atoms with Crippen molar-refractivity contribution in [3.8, 4) is 11.1 Å². The maximum Gasteiger partial charge on any atom is 0.0980 e. The van der Waals surface area contributed by atoms with Crippen LogP contribution in [0.25, 0.3) is 11.1 Å². The van der Waals surface area contributed by atoms with E-state index in [0.717, 1.165) is 18.7 Å². The summed E-state index contributed by atoms with van der Waals surface area (Å²) in [6.45, 7) is 4.03. The van der Waals surface area contributed by atoms with Gasteiger partial charge in [-0.2, -0.15) is 0 Å². The van der Waals surface area contributed by atoms with E-state index in [1.165, 1.54) is 11.1 Å². The molecular weight excluding hydrogens is 186 g/mol. The molecule has 0 saturated carbocycles. The number of nitrogens with one attached hydrogen (secondary N) is 1. The molecule has 15 heavy (non-hydrogen) atoms. The Morgan fingerprint density at radius 2 is 2.13 bits per heavy atom. The van der Waals surface area contributed by atoms with Crippen molar-refractivity contribution in [1.82, 2.24) is 5.32 Å². The molecule has 2 rings (SSSR count). The Hall–Kier alpha value is -1.54. The first kappa shape index (κ1) is 9.99. The number of hydrogen-bond donors (Lipinski definition) is 1. The Bertz CT molecular complexity index is 406. The van der Waals surface area contributed by atoms with Gasteiger partial charge < -0.3 is 9.73 Å². The third-order valence-corrected chi connectivity index (χ3v) is 2.36. The molecule has 0 saturated heterocycles. The number of benzene rings is 1. The fourth-order valence-electron chi connectivity index (χ4n) is 1.56. The van der Waals surface area contributed by atoms with Gasteiger partial charge in [0.25, 0.3) is 0 Å². The van der Waals surface area contributed by atoms with Gasteiger partial charge in [0.1, 0.15) is 0 Å². The largest absolute Gasteiger partial charge is 0.472 e. The molecule has 1 N–H and O–H groups in total. The van der Waals surface area contributed by atoms with Crippen LogP contribution >= 0.6 is 0 Å². The van der Waals surface area contributed by atoms with Crippen molar-refractivity contribution in [2.75, 3.05) is 6.54 Å². The molecule has 1 aromatic heterocycles. The SMILES string of the molecule is CCNCc1cccc(-c2ccoc2)c1. The van der Waals surface area contributed by atoms with Crippen molar-refractivity contribution in [1.29, 1.82) is 0 Å². The summed E-state index contributed by atoms with van der Waals surface area (Å²) >= 11 is 0. The van der Waals surface area contributed by atoms with Crippen LogP contribution in [0.3, 0.4) is 0 Å². The molecule has 0 aliphatic carbocycles. The lowest BCUT2D eigenvalue weighted by atomic mass is 10.1. The van der Waals surface area contributed by atoms with E-state index in [0.29, 0.717) is 0 Å². The van der Waals surface area contributed by atoms with E-state index in [1.807, 2.05) is 6.07 Å². The van der Waals surface area contributed by atoms with Gasteiger partial charge in [-0.15, -0.1) is 0 Å². The fourth-order valence-corrected chi connectivity index (χ4v) is 1.56. The lowest BCUT2D eigenvalue weighted by Gasteiger charge is -2.04. The Labute approximate surface area is 89.9 Å². The van der Waals surface area contributed by atoms with Gasteiger partial charge in [0.15, 0.2) is 0 Å². The van der Waals surface area contributed by atoms with E-state index < -0.39 is 0 Å². The summed E-state index contributed by atoms with van der Waals surface area (Å²) in [5.74, 6) is 0. The van der Waals surface area contributed by atoms with Gasteiger partial charge in [-0.1, -0.05) is 25.1 Å². The van der Waals surface area contributed by atoms with E-state index in [2.05, 4.69) is 36.5 Å². The summed E-state index contributed by atoms with van der Waals surface area (Å²) in [7, 11) is 0. The van der Waals surface area contributed by atoms with E-state index in [-0.39, 0.29) is 0 Å². The van der Waals surface area contributed by atoms with E-state index >= 15 is 0 Å². The average Bonchev–Trinajstić information content (AvgIpc) is 2.80. The standard InChI is InChI=1S/C13H15NO/c1-2-14-9-11-4-3-5-12(8-11)13-6-7-15-10-13/h3-8,10,14H,2,9H2,1H3. The molecular formula is C13H15NO. The second-order valence-electron chi connectivity index (χ2n) is 3.49. The van der Waals surface area contributed by atoms with Crippen LogP contribution in [0.2, 0.25) is 0 Å². The van der Waals surface area contributed by atoms with E-state index in [1.54, 1.807) is 12.5 Å². The molecule has 0 fully saturated rings. The molecule has 2 heteroatoms. The average molecular weight is 201 g/mol. The zero-order chi connectivity index (χ0) is 10.5. The monoisotopic (exact) mass is 201 g/mol. The number of furan rings is 1. The maximum atomic E-state index is 5.07. The summed E-state index contributed by atoms with van der Waals surface area (Å²) in [4.78, 5) is 0. The topological polar surface area (TPSA) is 25.2 Å². The van der Waals surface area contributed by atoms with Crippen molar-refractivity contribution in [3.05, 3.63) is 48.4 Å². The molecule has 0 amide bonds. The van der Waals surface area contributed by atoms with E-state index in [9.17, 15) is 0 Å². The van der Waals surface area contributed by atoms with Crippen molar-refractivity contribution >= 4 is 0 Å². The Kier molecular flexibility index (Phi) is 3.20. The van der Waals surface area contributed by atoms with E-state index in [4.69, 9.17) is 4.42 Å². The Balaban J connectivity index is 2.19. The molecule has 0 aliphatic heterocycles. The van der Waals surface area contributed by atoms with Crippen LogP contribution in [0.1, 0.15) is 12.5 Å². The fraction of sp³-hybridized carbons (Fsp3) is 0.231. The van der Waals surface area contributed by atoms with Gasteiger partial charge in [0, 0.05) is 12.1 Å². The molecule has 0 bridgehead atoms. The number of rotatable bonds is 4. The van der Waals surface area contributed by atoms with Crippen LogP contribution < -0.4 is 5.32 Å². The second kappa shape index (κ2) is 4.80. The van der Waals surface area contributed by atoms with Gasteiger partial charge in [-0.3, -0.25) is 0 Å². The van der Waals surface area contributed by atoms with Crippen LogP contribution in [0.15, 0.2) is 47.3 Å². The van der Waals surface area contributed by atoms with Gasteiger partial charge in [-0.05, 0) is 29.8 Å². The smallest absolute Gasteiger partial charge is 0.0980 e. The molecule has 1 aromatic carbocycles. The molecule has 0 atom stereocenters. The summed E-state index contributed by atoms with van der Waals surface area (Å²) < 4.78 is 5.07. The molecule has 0 aliphatic rings. The molecule has 1 heterocycles. The maximum absolute atomic E-state index is 5.07. The summed E-state index contributed by atoms with van der Waals surface area (Å²) in [6, 6.07) is 10.5. The van der Waals surface area contributed by atoms with Crippen LogP contribution in [0, 0.1) is 0 Å². The summed E-state index contributed by atoms with van der Waals surface area (Å²) in [6.07, 6.45) is 3.47. The normalized spacial score (nSPS) is 10.5. The highest BCUT2D eigenvalue weighted by Crippen LogP contribution is 2.20. The lowest BCUT2D eigenvalue weighted by Crippen LogP contribution is -2.11. The van der Waals surface area contributed by atoms with Crippen LogP contribution in [-0.4, -0.2) is 6.54 Å². The minimum atomic E-state index is 0.919. The van der Waals surface area contributed by atoms with Gasteiger partial charge >= 0.3 is 0 Å². The van der Waals surface area contributed by atoms with Crippen LogP contribution in [-0.2, 0) is 6.54 Å². The van der Waals surface area contributed by atoms with Gasteiger partial charge in [-0.25, -0.2) is 0 Å². The molecule has 2 nitrogen and oxygen atoms in total. The summed E-state index contributed by atoms with van der Waals surface area (Å²) in [5.41, 5.74) is 3.64. The second-order valence-corrected chi connectivity index (χ2v) is 3.49. The quantitative estimate of drug-likeness (QED) is 0.822. The molecule has 0 radical (unpaired) electrons. The molecule has 78 valence electrons. The molecule has 0 unspecified atom stereocenters. The van der Waals surface area contributed by atoms with Crippen molar-refractivity contribution in [2.45, 2.75) is 13.5 Å². The number of hydrogen-bond acceptors (Lipinski definition) is 2. The highest BCUT2D eigenvalue weighted by molar-refractivity contribution is 5.62. The van der Waals surface area contributed by atoms with Crippen LogP contribution in [0.5, 0.6) is 0 Å². The summed E-state index contributed by atoms with van der Waals surface area (Å²) in [5, 5.41) is 3.31. The molecule has 2 aromatic rings. The Morgan fingerprint density at radius 3 is 2.87 bits per heavy atom. The highest BCUT2D eigenvalue weighted by atomic mass is 16.3. The first-order valence-corrected chi connectivity index (χ1v) is 5.22. The van der Waals surface area contributed by atoms with Crippen molar-refractivity contribution in [3.63, 3.8) is 0 Å². The third kappa shape index (κ3) is 2.48. The first-order valence-electron chi connectivity index (χ1n) is 5.22. The minimum absolute atomic E-state index is 0.919. The Morgan fingerprint density at radius 1 is 1.20 bits per heavy atom. The highest BCUT2D eigenvalue weighted by Gasteiger charge is 1.99. The zero-order valence-corrected chi connectivity index (χ0v) is 8.86. The van der Waals surface area contributed by atoms with Gasteiger partial charge in [0.2, 0.25) is 0 Å². The minimum Gasteiger partial charge on any atom is -0.472 e. The third-order valence-electron chi connectivity index (χ3n) is 2.36.